The highest BCUT2D eigenvalue weighted by Gasteiger charge is 2.40. The summed E-state index contributed by atoms with van der Waals surface area (Å²) in [6, 6.07) is 14.6. The van der Waals surface area contributed by atoms with Crippen molar-refractivity contribution in [1.29, 1.82) is 0 Å². The van der Waals surface area contributed by atoms with Gasteiger partial charge < -0.3 is 9.47 Å². The van der Waals surface area contributed by atoms with Gasteiger partial charge in [0.05, 0.1) is 6.04 Å². The Morgan fingerprint density at radius 3 is 2.46 bits per heavy atom. The Labute approximate surface area is 206 Å². The van der Waals surface area contributed by atoms with Gasteiger partial charge in [-0.1, -0.05) is 43.3 Å². The molecule has 5 rings (SSSR count). The lowest BCUT2D eigenvalue weighted by atomic mass is 9.93. The van der Waals surface area contributed by atoms with Crippen LogP contribution in [-0.2, 0) is 16.6 Å². The Bertz CT molecular complexity index is 1250. The van der Waals surface area contributed by atoms with Crippen LogP contribution in [0.15, 0.2) is 61.2 Å². The summed E-state index contributed by atoms with van der Waals surface area (Å²) in [7, 11) is -3.61. The van der Waals surface area contributed by atoms with E-state index < -0.39 is 15.3 Å². The summed E-state index contributed by atoms with van der Waals surface area (Å²) in [5.41, 5.74) is 2.01. The molecular formula is C26H32FN5O2S. The highest BCUT2D eigenvalue weighted by atomic mass is 32.2. The number of hydrogen-bond donors (Lipinski definition) is 0. The van der Waals surface area contributed by atoms with Crippen molar-refractivity contribution in [2.75, 3.05) is 18.0 Å². The minimum absolute atomic E-state index is 0.0410. The van der Waals surface area contributed by atoms with E-state index >= 15 is 4.39 Å². The molecule has 0 N–H and O–H groups in total. The maximum atomic E-state index is 15.3. The number of benzene rings is 2. The Hall–Kier alpha value is -2.78. The zero-order valence-corrected chi connectivity index (χ0v) is 21.0. The summed E-state index contributed by atoms with van der Waals surface area (Å²) < 4.78 is 45.9. The second-order valence-corrected chi connectivity index (χ2v) is 11.9. The topological polar surface area (TPSA) is 71.3 Å². The molecule has 0 aliphatic carbocycles. The van der Waals surface area contributed by atoms with Crippen LogP contribution in [0.1, 0.15) is 55.5 Å². The second-order valence-electron chi connectivity index (χ2n) is 9.88. The average molecular weight is 498 g/mol. The van der Waals surface area contributed by atoms with Crippen molar-refractivity contribution in [2.45, 2.75) is 57.0 Å². The van der Waals surface area contributed by atoms with Crippen molar-refractivity contribution >= 4 is 15.7 Å². The zero-order valence-electron chi connectivity index (χ0n) is 20.2. The number of nitrogens with zero attached hydrogens (tertiary/aromatic N) is 5. The first kappa shape index (κ1) is 23.9. The van der Waals surface area contributed by atoms with Crippen molar-refractivity contribution in [2.24, 2.45) is 5.92 Å². The fourth-order valence-corrected chi connectivity index (χ4v) is 7.62. The normalized spacial score (nSPS) is 27.1. The Morgan fingerprint density at radius 2 is 1.74 bits per heavy atom. The number of sulfonamides is 1. The monoisotopic (exact) mass is 497 g/mol. The summed E-state index contributed by atoms with van der Waals surface area (Å²) in [6.07, 6.45) is 5.77. The molecular weight excluding hydrogens is 465 g/mol. The second kappa shape index (κ2) is 9.70. The van der Waals surface area contributed by atoms with Crippen molar-refractivity contribution in [3.8, 4) is 0 Å². The van der Waals surface area contributed by atoms with E-state index in [1.807, 2.05) is 47.9 Å². The van der Waals surface area contributed by atoms with Gasteiger partial charge in [0.25, 0.3) is 0 Å². The molecule has 3 heterocycles. The van der Waals surface area contributed by atoms with Gasteiger partial charge in [-0.25, -0.2) is 12.8 Å². The third-order valence-electron chi connectivity index (χ3n) is 7.66. The SMILES string of the molecule is CC1CCN(c2ccc(CN3[C@@H](C)CC[C@H](c4ccccc4)S3(=O)=O)c(F)c2)CC1n1cnnc1. The van der Waals surface area contributed by atoms with E-state index in [2.05, 4.69) is 22.0 Å². The lowest BCUT2D eigenvalue weighted by Gasteiger charge is -2.39. The fraction of sp³-hybridized carbons (Fsp3) is 0.462. The minimum atomic E-state index is -3.61. The molecule has 1 aromatic heterocycles. The van der Waals surface area contributed by atoms with E-state index in [9.17, 15) is 8.42 Å². The smallest absolute Gasteiger partial charge is 0.221 e. The van der Waals surface area contributed by atoms with Crippen LogP contribution in [0.5, 0.6) is 0 Å². The van der Waals surface area contributed by atoms with Gasteiger partial charge in [0.2, 0.25) is 10.0 Å². The minimum Gasteiger partial charge on any atom is -0.369 e. The van der Waals surface area contributed by atoms with Crippen molar-refractivity contribution in [3.05, 3.63) is 78.1 Å². The molecule has 2 fully saturated rings. The van der Waals surface area contributed by atoms with Crippen LogP contribution in [0, 0.1) is 11.7 Å². The first-order valence-corrected chi connectivity index (χ1v) is 13.8. The van der Waals surface area contributed by atoms with E-state index in [0.717, 1.165) is 37.2 Å². The number of anilines is 1. The molecule has 7 nitrogen and oxygen atoms in total. The molecule has 2 unspecified atom stereocenters. The molecule has 0 bridgehead atoms. The van der Waals surface area contributed by atoms with Gasteiger partial charge in [0.15, 0.2) is 0 Å². The van der Waals surface area contributed by atoms with Gasteiger partial charge in [-0.05, 0) is 49.8 Å². The summed E-state index contributed by atoms with van der Waals surface area (Å²) in [5, 5.41) is 7.28. The van der Waals surface area contributed by atoms with Gasteiger partial charge in [-0.2, -0.15) is 4.31 Å². The molecule has 2 aliphatic rings. The maximum Gasteiger partial charge on any atom is 0.221 e. The molecule has 2 aromatic carbocycles. The molecule has 0 saturated carbocycles. The van der Waals surface area contributed by atoms with Gasteiger partial charge in [-0.15, -0.1) is 10.2 Å². The van der Waals surface area contributed by atoms with Crippen LogP contribution >= 0.6 is 0 Å². The number of halogens is 1. The highest BCUT2D eigenvalue weighted by Crippen LogP contribution is 2.38. The van der Waals surface area contributed by atoms with Gasteiger partial charge in [0, 0.05) is 36.9 Å². The van der Waals surface area contributed by atoms with Crippen LogP contribution in [0.3, 0.4) is 0 Å². The molecule has 0 spiro atoms. The number of rotatable bonds is 5. The van der Waals surface area contributed by atoms with Crippen LogP contribution in [0.4, 0.5) is 10.1 Å². The van der Waals surface area contributed by atoms with Crippen molar-refractivity contribution < 1.29 is 12.8 Å². The third kappa shape index (κ3) is 4.71. The number of piperidine rings is 1. The van der Waals surface area contributed by atoms with Crippen LogP contribution in [0.2, 0.25) is 0 Å². The molecule has 2 saturated heterocycles. The van der Waals surface area contributed by atoms with Gasteiger partial charge >= 0.3 is 0 Å². The summed E-state index contributed by atoms with van der Waals surface area (Å²) >= 11 is 0. The standard InChI is InChI=1S/C26H32FN5O2S/c1-19-12-13-30(16-25(19)31-17-28-29-18-31)23-10-9-22(24(27)14-23)15-32-20(2)8-11-26(35(32,33)34)21-6-4-3-5-7-21/h3-7,9-10,14,17-20,25-26H,8,11-13,15-16H2,1-2H3/t19?,20-,25?,26+/m0/s1. The maximum absolute atomic E-state index is 15.3. The van der Waals surface area contributed by atoms with Crippen molar-refractivity contribution in [3.63, 3.8) is 0 Å². The predicted molar refractivity (Wildman–Crippen MR) is 134 cm³/mol. The molecule has 3 aromatic rings. The molecule has 35 heavy (non-hydrogen) atoms. The summed E-state index contributed by atoms with van der Waals surface area (Å²) in [5.74, 6) is 0.0981. The molecule has 9 heteroatoms. The first-order chi connectivity index (χ1) is 16.8. The predicted octanol–water partition coefficient (Wildman–Crippen LogP) is 4.56. The molecule has 4 atom stereocenters. The number of aromatic nitrogens is 3. The molecule has 2 aliphatic heterocycles. The van der Waals surface area contributed by atoms with E-state index in [-0.39, 0.29) is 24.4 Å². The van der Waals surface area contributed by atoms with E-state index in [1.165, 1.54) is 4.31 Å². The fourth-order valence-electron chi connectivity index (χ4n) is 5.43. The summed E-state index contributed by atoms with van der Waals surface area (Å²) in [6.45, 7) is 5.75. The van der Waals surface area contributed by atoms with Gasteiger partial charge in [0.1, 0.15) is 23.7 Å². The summed E-state index contributed by atoms with van der Waals surface area (Å²) in [4.78, 5) is 2.18. The lowest BCUT2D eigenvalue weighted by Crippen LogP contribution is -2.44. The lowest BCUT2D eigenvalue weighted by molar-refractivity contribution is 0.279. The van der Waals surface area contributed by atoms with E-state index in [1.54, 1.807) is 24.8 Å². The average Bonchev–Trinajstić information content (AvgIpc) is 3.38. The quantitative estimate of drug-likeness (QED) is 0.517. The third-order valence-corrected chi connectivity index (χ3v) is 10.0. The van der Waals surface area contributed by atoms with E-state index in [4.69, 9.17) is 0 Å². The number of hydrogen-bond acceptors (Lipinski definition) is 5. The van der Waals surface area contributed by atoms with Gasteiger partial charge in [-0.3, -0.25) is 0 Å². The van der Waals surface area contributed by atoms with Crippen LogP contribution in [-0.4, -0.2) is 46.6 Å². The van der Waals surface area contributed by atoms with Crippen LogP contribution < -0.4 is 4.90 Å². The Balaban J connectivity index is 1.35. The van der Waals surface area contributed by atoms with E-state index in [0.29, 0.717) is 17.9 Å². The molecule has 0 amide bonds. The highest BCUT2D eigenvalue weighted by molar-refractivity contribution is 7.89. The Morgan fingerprint density at radius 1 is 1.00 bits per heavy atom. The van der Waals surface area contributed by atoms with Crippen molar-refractivity contribution in [1.82, 2.24) is 19.1 Å². The largest absolute Gasteiger partial charge is 0.369 e. The first-order valence-electron chi connectivity index (χ1n) is 12.3. The van der Waals surface area contributed by atoms with Crippen LogP contribution in [0.25, 0.3) is 0 Å². The molecule has 0 radical (unpaired) electrons. The Kier molecular flexibility index (Phi) is 6.63. The molecule has 186 valence electrons. The zero-order chi connectivity index (χ0) is 24.6.